The summed E-state index contributed by atoms with van der Waals surface area (Å²) in [6, 6.07) is 0. The lowest BCUT2D eigenvalue weighted by Gasteiger charge is -2.16. The quantitative estimate of drug-likeness (QED) is 0.575. The van der Waals surface area contributed by atoms with Crippen molar-refractivity contribution in [2.45, 2.75) is 25.5 Å². The Labute approximate surface area is 56.2 Å². The van der Waals surface area contributed by atoms with E-state index in [0.717, 1.165) is 5.88 Å². The third-order valence-electron chi connectivity index (χ3n) is 0.650. The Kier molecular flexibility index (Phi) is 3.49. The van der Waals surface area contributed by atoms with Gasteiger partial charge in [0.2, 0.25) is 0 Å². The molecule has 2 heteroatoms. The van der Waals surface area contributed by atoms with E-state index in [2.05, 4.69) is 26.1 Å². The van der Waals surface area contributed by atoms with Crippen LogP contribution in [0, 0.1) is 0 Å². The maximum Gasteiger partial charge on any atom is 0.0420 e. The molecular weight excluding hydrogens is 118 g/mol. The van der Waals surface area contributed by atoms with Gasteiger partial charge in [0.05, 0.1) is 0 Å². The van der Waals surface area contributed by atoms with Crippen molar-refractivity contribution in [2.75, 3.05) is 12.9 Å². The lowest BCUT2D eigenvalue weighted by atomic mass is 10.3. The van der Waals surface area contributed by atoms with E-state index < -0.39 is 0 Å². The highest BCUT2D eigenvalue weighted by Gasteiger charge is 2.07. The fraction of sp³-hybridized carbons (Fsp3) is 1.00. The van der Waals surface area contributed by atoms with Gasteiger partial charge in [0.1, 0.15) is 0 Å². The lowest BCUT2D eigenvalue weighted by Crippen LogP contribution is -2.14. The Bertz CT molecular complexity index is 56.0. The molecule has 0 saturated heterocycles. The van der Waals surface area contributed by atoms with Crippen molar-refractivity contribution < 1.29 is 0 Å². The van der Waals surface area contributed by atoms with Crippen LogP contribution in [0.4, 0.5) is 0 Å². The largest absolute Gasteiger partial charge is 0.311 e. The Morgan fingerprint density at radius 1 is 1.38 bits per heavy atom. The van der Waals surface area contributed by atoms with Gasteiger partial charge in [-0.15, -0.1) is 11.8 Å². The van der Waals surface area contributed by atoms with Crippen LogP contribution in [-0.4, -0.2) is 17.7 Å². The third-order valence-corrected chi connectivity index (χ3v) is 1.95. The van der Waals surface area contributed by atoms with Crippen molar-refractivity contribution in [3.05, 3.63) is 0 Å². The molecule has 0 saturated carbocycles. The predicted molar refractivity (Wildman–Crippen MR) is 41.3 cm³/mol. The van der Waals surface area contributed by atoms with Gasteiger partial charge in [-0.25, -0.2) is 0 Å². The molecule has 0 radical (unpaired) electrons. The summed E-state index contributed by atoms with van der Waals surface area (Å²) in [6.45, 7) is 6.65. The van der Waals surface area contributed by atoms with Crippen molar-refractivity contribution in [1.29, 1.82) is 0 Å². The van der Waals surface area contributed by atoms with Gasteiger partial charge in [-0.1, -0.05) is 20.8 Å². The van der Waals surface area contributed by atoms with Crippen LogP contribution < -0.4 is 5.32 Å². The molecule has 0 aliphatic rings. The number of hydrogen-bond donors (Lipinski definition) is 1. The van der Waals surface area contributed by atoms with Gasteiger partial charge in [-0.3, -0.25) is 0 Å². The summed E-state index contributed by atoms with van der Waals surface area (Å²) in [5.74, 6) is 1.05. The summed E-state index contributed by atoms with van der Waals surface area (Å²) < 4.78 is 0.406. The first-order valence-electron chi connectivity index (χ1n) is 2.85. The summed E-state index contributed by atoms with van der Waals surface area (Å²) in [5.41, 5.74) is 0. The molecule has 0 atom stereocenters. The second-order valence-electron chi connectivity index (χ2n) is 2.75. The van der Waals surface area contributed by atoms with E-state index in [4.69, 9.17) is 0 Å². The van der Waals surface area contributed by atoms with E-state index in [1.165, 1.54) is 0 Å². The van der Waals surface area contributed by atoms with E-state index in [1.807, 2.05) is 18.8 Å². The van der Waals surface area contributed by atoms with Crippen molar-refractivity contribution >= 4 is 11.8 Å². The topological polar surface area (TPSA) is 12.0 Å². The molecule has 0 fully saturated rings. The highest BCUT2D eigenvalue weighted by atomic mass is 32.2. The van der Waals surface area contributed by atoms with Crippen LogP contribution >= 0.6 is 11.8 Å². The van der Waals surface area contributed by atoms with Crippen LogP contribution in [0.25, 0.3) is 0 Å². The van der Waals surface area contributed by atoms with Crippen molar-refractivity contribution in [3.63, 3.8) is 0 Å². The fourth-order valence-corrected chi connectivity index (χ4v) is 0.866. The number of thioether (sulfide) groups is 1. The maximum absolute atomic E-state index is 3.09. The van der Waals surface area contributed by atoms with E-state index in [0.29, 0.717) is 4.75 Å². The summed E-state index contributed by atoms with van der Waals surface area (Å²) >= 11 is 1.92. The van der Waals surface area contributed by atoms with Crippen LogP contribution in [0.5, 0.6) is 0 Å². The second kappa shape index (κ2) is 3.36. The van der Waals surface area contributed by atoms with Gasteiger partial charge in [0.15, 0.2) is 0 Å². The fourth-order valence-electron chi connectivity index (χ4n) is 0.289. The van der Waals surface area contributed by atoms with Gasteiger partial charge in [-0.05, 0) is 7.05 Å². The molecule has 1 N–H and O–H groups in total. The van der Waals surface area contributed by atoms with Crippen molar-refractivity contribution in [2.24, 2.45) is 0 Å². The molecule has 0 aliphatic carbocycles. The zero-order chi connectivity index (χ0) is 6.62. The normalized spacial score (nSPS) is 12.0. The minimum atomic E-state index is 0.406. The predicted octanol–water partition coefficient (Wildman–Crippen LogP) is 1.70. The molecule has 0 unspecified atom stereocenters. The van der Waals surface area contributed by atoms with E-state index in [-0.39, 0.29) is 0 Å². The Morgan fingerprint density at radius 3 is 2.00 bits per heavy atom. The monoisotopic (exact) mass is 133 g/mol. The Balaban J connectivity index is 3.11. The molecule has 0 aromatic heterocycles. The third kappa shape index (κ3) is 6.31. The molecule has 0 aliphatic heterocycles. The molecule has 0 bridgehead atoms. The van der Waals surface area contributed by atoms with E-state index >= 15 is 0 Å². The summed E-state index contributed by atoms with van der Waals surface area (Å²) in [7, 11) is 1.97. The van der Waals surface area contributed by atoms with Crippen LogP contribution in [0.15, 0.2) is 0 Å². The van der Waals surface area contributed by atoms with Gasteiger partial charge < -0.3 is 5.32 Å². The number of nitrogens with one attached hydrogen (secondary N) is 1. The summed E-state index contributed by atoms with van der Waals surface area (Å²) in [5, 5.41) is 3.09. The molecule has 0 rings (SSSR count). The SMILES string of the molecule is CNCSC(C)(C)C. The molecule has 0 aromatic rings. The first-order chi connectivity index (χ1) is 3.56. The standard InChI is InChI=1S/C6H15NS/c1-6(2,3)8-5-7-4/h7H,5H2,1-4H3. The Morgan fingerprint density at radius 2 is 1.88 bits per heavy atom. The Hall–Kier alpha value is 0.310. The molecule has 0 heterocycles. The van der Waals surface area contributed by atoms with Gasteiger partial charge in [0.25, 0.3) is 0 Å². The second-order valence-corrected chi connectivity index (χ2v) is 4.56. The molecule has 50 valence electrons. The first-order valence-corrected chi connectivity index (χ1v) is 3.83. The van der Waals surface area contributed by atoms with Gasteiger partial charge in [-0.2, -0.15) is 0 Å². The average Bonchev–Trinajstić information content (AvgIpc) is 1.59. The molecular formula is C6H15NS. The minimum Gasteiger partial charge on any atom is -0.311 e. The molecule has 0 spiro atoms. The molecule has 0 aromatic carbocycles. The number of rotatable bonds is 2. The van der Waals surface area contributed by atoms with Crippen LogP contribution in [0.2, 0.25) is 0 Å². The minimum absolute atomic E-state index is 0.406. The summed E-state index contributed by atoms with van der Waals surface area (Å²) in [6.07, 6.45) is 0. The molecule has 1 nitrogen and oxygen atoms in total. The van der Waals surface area contributed by atoms with Gasteiger partial charge >= 0.3 is 0 Å². The molecule has 8 heavy (non-hydrogen) atoms. The van der Waals surface area contributed by atoms with Crippen LogP contribution in [0.3, 0.4) is 0 Å². The highest BCUT2D eigenvalue weighted by molar-refractivity contribution is 8.00. The first kappa shape index (κ1) is 8.31. The lowest BCUT2D eigenvalue weighted by molar-refractivity contribution is 0.796. The van der Waals surface area contributed by atoms with Crippen LogP contribution in [0.1, 0.15) is 20.8 Å². The zero-order valence-corrected chi connectivity index (χ0v) is 6.93. The zero-order valence-electron chi connectivity index (χ0n) is 6.12. The van der Waals surface area contributed by atoms with E-state index in [1.54, 1.807) is 0 Å². The summed E-state index contributed by atoms with van der Waals surface area (Å²) in [4.78, 5) is 0. The maximum atomic E-state index is 3.09. The van der Waals surface area contributed by atoms with E-state index in [9.17, 15) is 0 Å². The smallest absolute Gasteiger partial charge is 0.0420 e. The highest BCUT2D eigenvalue weighted by Crippen LogP contribution is 2.20. The van der Waals surface area contributed by atoms with Crippen molar-refractivity contribution in [3.8, 4) is 0 Å². The molecule has 0 amide bonds. The number of hydrogen-bond acceptors (Lipinski definition) is 2. The van der Waals surface area contributed by atoms with Crippen molar-refractivity contribution in [1.82, 2.24) is 5.32 Å². The van der Waals surface area contributed by atoms with Gasteiger partial charge in [0, 0.05) is 10.6 Å². The average molecular weight is 133 g/mol. The van der Waals surface area contributed by atoms with Crippen LogP contribution in [-0.2, 0) is 0 Å².